The first-order valence-electron chi connectivity index (χ1n) is 8.45. The Morgan fingerprint density at radius 3 is 2.68 bits per heavy atom. The Morgan fingerprint density at radius 1 is 1.12 bits per heavy atom. The number of anilines is 3. The van der Waals surface area contributed by atoms with Gasteiger partial charge in [-0.25, -0.2) is 14.8 Å². The lowest BCUT2D eigenvalue weighted by Gasteiger charge is -2.27. The van der Waals surface area contributed by atoms with E-state index in [1.54, 1.807) is 13.2 Å². The zero-order valence-electron chi connectivity index (χ0n) is 14.6. The molecule has 1 fully saturated rings. The largest absolute Gasteiger partial charge is 0.495 e. The summed E-state index contributed by atoms with van der Waals surface area (Å²) >= 11 is 0. The second-order valence-electron chi connectivity index (χ2n) is 6.09. The normalized spacial score (nSPS) is 14.1. The van der Waals surface area contributed by atoms with Crippen molar-refractivity contribution in [1.29, 1.82) is 0 Å². The van der Waals surface area contributed by atoms with Gasteiger partial charge in [0.25, 0.3) is 0 Å². The third kappa shape index (κ3) is 4.37. The number of carbonyl (C=O) groups excluding carboxylic acids is 1. The number of carbonyl (C=O) groups is 1. The van der Waals surface area contributed by atoms with Gasteiger partial charge >= 0.3 is 6.03 Å². The van der Waals surface area contributed by atoms with Gasteiger partial charge in [0.15, 0.2) is 0 Å². The maximum atomic E-state index is 12.3. The molecule has 2 aromatic rings. The molecule has 2 heterocycles. The van der Waals surface area contributed by atoms with Crippen LogP contribution in [-0.4, -0.2) is 36.2 Å². The highest BCUT2D eigenvalue weighted by Gasteiger charge is 2.14. The second kappa shape index (κ2) is 7.83. The Bertz CT molecular complexity index is 744. The van der Waals surface area contributed by atoms with Gasteiger partial charge in [-0.05, 0) is 43.9 Å². The van der Waals surface area contributed by atoms with Crippen molar-refractivity contribution in [3.8, 4) is 5.75 Å². The summed E-state index contributed by atoms with van der Waals surface area (Å²) in [5, 5.41) is 5.56. The van der Waals surface area contributed by atoms with Gasteiger partial charge in [-0.2, -0.15) is 0 Å². The van der Waals surface area contributed by atoms with E-state index in [1.165, 1.54) is 25.6 Å². The topological polar surface area (TPSA) is 79.4 Å². The molecule has 7 heteroatoms. The third-order valence-corrected chi connectivity index (χ3v) is 4.18. The van der Waals surface area contributed by atoms with E-state index >= 15 is 0 Å². The average Bonchev–Trinajstić information content (AvgIpc) is 2.63. The van der Waals surface area contributed by atoms with Crippen molar-refractivity contribution in [3.05, 3.63) is 36.2 Å². The van der Waals surface area contributed by atoms with E-state index < -0.39 is 0 Å². The molecule has 2 N–H and O–H groups in total. The molecule has 25 heavy (non-hydrogen) atoms. The number of amides is 2. The number of methoxy groups -OCH3 is 1. The van der Waals surface area contributed by atoms with Crippen LogP contribution in [-0.2, 0) is 0 Å². The third-order valence-electron chi connectivity index (χ3n) is 4.18. The quantitative estimate of drug-likeness (QED) is 0.891. The Kier molecular flexibility index (Phi) is 5.33. The fraction of sp³-hybridized carbons (Fsp3) is 0.389. The minimum Gasteiger partial charge on any atom is -0.495 e. The molecule has 1 aromatic carbocycles. The van der Waals surface area contributed by atoms with Gasteiger partial charge in [0.05, 0.1) is 12.8 Å². The Labute approximate surface area is 147 Å². The molecule has 0 unspecified atom stereocenters. The summed E-state index contributed by atoms with van der Waals surface area (Å²) in [6.45, 7) is 3.93. The van der Waals surface area contributed by atoms with Crippen molar-refractivity contribution in [1.82, 2.24) is 9.97 Å². The van der Waals surface area contributed by atoms with Crippen LogP contribution in [0.2, 0.25) is 0 Å². The average molecular weight is 341 g/mol. The molecule has 1 aromatic heterocycles. The fourth-order valence-corrected chi connectivity index (χ4v) is 2.90. The standard InChI is InChI=1S/C18H23N5O2/c1-13-6-7-15(25-2)14(10-13)21-18(24)22-16-11-17(20-12-19-16)23-8-4-3-5-9-23/h6-7,10-12H,3-5,8-9H2,1-2H3,(H2,19,20,21,22,24). The maximum absolute atomic E-state index is 12.3. The highest BCUT2D eigenvalue weighted by molar-refractivity contribution is 6.00. The molecule has 1 aliphatic rings. The van der Waals surface area contributed by atoms with Gasteiger partial charge in [-0.3, -0.25) is 5.32 Å². The number of rotatable bonds is 4. The number of hydrogen-bond donors (Lipinski definition) is 2. The summed E-state index contributed by atoms with van der Waals surface area (Å²) < 4.78 is 5.28. The van der Waals surface area contributed by atoms with Gasteiger partial charge in [0, 0.05) is 19.2 Å². The van der Waals surface area contributed by atoms with Gasteiger partial charge in [0.1, 0.15) is 23.7 Å². The zero-order chi connectivity index (χ0) is 17.6. The van der Waals surface area contributed by atoms with Crippen LogP contribution >= 0.6 is 0 Å². The van der Waals surface area contributed by atoms with E-state index in [0.29, 0.717) is 17.3 Å². The van der Waals surface area contributed by atoms with Crippen molar-refractivity contribution in [3.63, 3.8) is 0 Å². The van der Waals surface area contributed by atoms with Crippen molar-refractivity contribution in [2.24, 2.45) is 0 Å². The molecule has 0 atom stereocenters. The van der Waals surface area contributed by atoms with Crippen molar-refractivity contribution in [2.75, 3.05) is 35.7 Å². The number of benzene rings is 1. The summed E-state index contributed by atoms with van der Waals surface area (Å²) in [6, 6.07) is 7.05. The first kappa shape index (κ1) is 17.0. The highest BCUT2D eigenvalue weighted by atomic mass is 16.5. The molecule has 2 amide bonds. The smallest absolute Gasteiger partial charge is 0.324 e. The van der Waals surface area contributed by atoms with E-state index in [9.17, 15) is 4.79 Å². The van der Waals surface area contributed by atoms with Crippen LogP contribution in [0.15, 0.2) is 30.6 Å². The molecule has 0 bridgehead atoms. The molecule has 0 saturated carbocycles. The highest BCUT2D eigenvalue weighted by Crippen LogP contribution is 2.25. The lowest BCUT2D eigenvalue weighted by Crippen LogP contribution is -2.30. The van der Waals surface area contributed by atoms with E-state index in [2.05, 4.69) is 25.5 Å². The molecule has 0 radical (unpaired) electrons. The summed E-state index contributed by atoms with van der Waals surface area (Å²) in [4.78, 5) is 23.0. The molecular weight excluding hydrogens is 318 g/mol. The summed E-state index contributed by atoms with van der Waals surface area (Å²) in [5.41, 5.74) is 1.65. The van der Waals surface area contributed by atoms with E-state index in [-0.39, 0.29) is 6.03 Å². The van der Waals surface area contributed by atoms with Crippen LogP contribution < -0.4 is 20.3 Å². The number of urea groups is 1. The lowest BCUT2D eigenvalue weighted by atomic mass is 10.1. The van der Waals surface area contributed by atoms with Gasteiger partial charge < -0.3 is 15.0 Å². The molecule has 1 saturated heterocycles. The Hall–Kier alpha value is -2.83. The van der Waals surface area contributed by atoms with Crippen LogP contribution in [0.5, 0.6) is 5.75 Å². The monoisotopic (exact) mass is 341 g/mol. The minimum absolute atomic E-state index is 0.368. The summed E-state index contributed by atoms with van der Waals surface area (Å²) in [6.07, 6.45) is 5.07. The second-order valence-corrected chi connectivity index (χ2v) is 6.09. The van der Waals surface area contributed by atoms with Crippen LogP contribution in [0.25, 0.3) is 0 Å². The van der Waals surface area contributed by atoms with Crippen LogP contribution in [0.4, 0.5) is 22.1 Å². The predicted octanol–water partition coefficient (Wildman–Crippen LogP) is 3.43. The molecule has 1 aliphatic heterocycles. The van der Waals surface area contributed by atoms with E-state index in [1.807, 2.05) is 25.1 Å². The summed E-state index contributed by atoms with van der Waals surface area (Å²) in [7, 11) is 1.57. The van der Waals surface area contributed by atoms with Crippen molar-refractivity contribution >= 4 is 23.4 Å². The lowest BCUT2D eigenvalue weighted by molar-refractivity contribution is 0.262. The first-order valence-corrected chi connectivity index (χ1v) is 8.45. The molecule has 7 nitrogen and oxygen atoms in total. The first-order chi connectivity index (χ1) is 12.2. The van der Waals surface area contributed by atoms with Gasteiger partial charge in [-0.1, -0.05) is 6.07 Å². The van der Waals surface area contributed by atoms with Crippen LogP contribution in [0.3, 0.4) is 0 Å². The molecule has 132 valence electrons. The molecule has 3 rings (SSSR count). The van der Waals surface area contributed by atoms with Gasteiger partial charge in [0.2, 0.25) is 0 Å². The van der Waals surface area contributed by atoms with E-state index in [0.717, 1.165) is 24.5 Å². The number of piperidine rings is 1. The number of nitrogens with zero attached hydrogens (tertiary/aromatic N) is 3. The minimum atomic E-state index is -0.368. The SMILES string of the molecule is COc1ccc(C)cc1NC(=O)Nc1cc(N2CCCCC2)ncn1. The number of hydrogen-bond acceptors (Lipinski definition) is 5. The number of ether oxygens (including phenoxy) is 1. The summed E-state index contributed by atoms with van der Waals surface area (Å²) in [5.74, 6) is 1.93. The predicted molar refractivity (Wildman–Crippen MR) is 98.5 cm³/mol. The Morgan fingerprint density at radius 2 is 1.92 bits per heavy atom. The molecule has 0 spiro atoms. The fourth-order valence-electron chi connectivity index (χ4n) is 2.90. The van der Waals surface area contributed by atoms with Gasteiger partial charge in [-0.15, -0.1) is 0 Å². The van der Waals surface area contributed by atoms with Crippen molar-refractivity contribution < 1.29 is 9.53 Å². The van der Waals surface area contributed by atoms with Crippen molar-refractivity contribution in [2.45, 2.75) is 26.2 Å². The maximum Gasteiger partial charge on any atom is 0.324 e. The number of aryl methyl sites for hydroxylation is 1. The van der Waals surface area contributed by atoms with Crippen LogP contribution in [0, 0.1) is 6.92 Å². The molecule has 0 aliphatic carbocycles. The molecular formula is C18H23N5O2. The number of aromatic nitrogens is 2. The van der Waals surface area contributed by atoms with E-state index in [4.69, 9.17) is 4.74 Å². The zero-order valence-corrected chi connectivity index (χ0v) is 14.6. The Balaban J connectivity index is 1.68. The number of nitrogens with one attached hydrogen (secondary N) is 2. The van der Waals surface area contributed by atoms with Crippen LogP contribution in [0.1, 0.15) is 24.8 Å².